The number of hydrogen-bond donors (Lipinski definition) is 2. The summed E-state index contributed by atoms with van der Waals surface area (Å²) in [5.74, 6) is 1.51. The molecule has 3 aromatic rings. The summed E-state index contributed by atoms with van der Waals surface area (Å²) in [5.41, 5.74) is 3.27. The number of phenolic OH excluding ortho intramolecular Hbond substituents is 1. The summed E-state index contributed by atoms with van der Waals surface area (Å²) in [6, 6.07) is 13.4. The van der Waals surface area contributed by atoms with Crippen LogP contribution in [0.15, 0.2) is 48.5 Å². The van der Waals surface area contributed by atoms with Gasteiger partial charge in [0.1, 0.15) is 17.1 Å². The van der Waals surface area contributed by atoms with Crippen molar-refractivity contribution in [2.45, 2.75) is 38.7 Å². The molecule has 2 aromatic carbocycles. The number of nitrogens with one attached hydrogen (secondary N) is 1. The molecule has 2 N–H and O–H groups in total. The lowest BCUT2D eigenvalue weighted by molar-refractivity contribution is 0.101. The van der Waals surface area contributed by atoms with Gasteiger partial charge in [-0.25, -0.2) is 0 Å². The van der Waals surface area contributed by atoms with E-state index in [9.17, 15) is 5.11 Å². The zero-order valence-corrected chi connectivity index (χ0v) is 15.4. The van der Waals surface area contributed by atoms with Crippen LogP contribution in [0.5, 0.6) is 11.5 Å². The van der Waals surface area contributed by atoms with Gasteiger partial charge in [0.15, 0.2) is 0 Å². The van der Waals surface area contributed by atoms with Gasteiger partial charge in [-0.1, -0.05) is 50.6 Å². The van der Waals surface area contributed by atoms with Gasteiger partial charge >= 0.3 is 0 Å². The molecule has 0 amide bonds. The third kappa shape index (κ3) is 3.07. The first-order valence-electron chi connectivity index (χ1n) is 9.24. The minimum absolute atomic E-state index is 0.224. The number of aromatic amines is 1. The molecule has 1 aromatic heterocycles. The molecule has 0 radical (unpaired) electrons. The van der Waals surface area contributed by atoms with E-state index in [-0.39, 0.29) is 11.4 Å². The van der Waals surface area contributed by atoms with E-state index >= 15 is 0 Å². The van der Waals surface area contributed by atoms with Gasteiger partial charge in [0, 0.05) is 5.56 Å². The Bertz CT molecular complexity index is 964. The standard InChI is InChI=1S/C21H22N4O2/c1-3-12-21(4-2)13-16(19-17(26)6-5-7-18(19)27-21)14-8-10-15(11-9-14)20-22-24-25-23-20/h5-11,13,26H,3-4,12H2,1-2H3,(H,22,23,24,25). The SMILES string of the molecule is CCCC1(CC)C=C(c2ccc(-c3nn[nH]n3)cc2)c2c(O)cccc2O1. The lowest BCUT2D eigenvalue weighted by Gasteiger charge is -2.36. The van der Waals surface area contributed by atoms with Crippen LogP contribution in [0.4, 0.5) is 0 Å². The quantitative estimate of drug-likeness (QED) is 0.705. The molecule has 0 aliphatic carbocycles. The Morgan fingerprint density at radius 3 is 2.52 bits per heavy atom. The van der Waals surface area contributed by atoms with Crippen LogP contribution in [-0.2, 0) is 0 Å². The number of phenols is 1. The number of aromatic nitrogens is 4. The lowest BCUT2D eigenvalue weighted by Crippen LogP contribution is -2.35. The summed E-state index contributed by atoms with van der Waals surface area (Å²) in [6.45, 7) is 4.29. The van der Waals surface area contributed by atoms with Crippen LogP contribution in [0.3, 0.4) is 0 Å². The second-order valence-corrected chi connectivity index (χ2v) is 6.79. The minimum atomic E-state index is -0.364. The van der Waals surface area contributed by atoms with E-state index in [1.54, 1.807) is 6.07 Å². The topological polar surface area (TPSA) is 83.9 Å². The molecule has 138 valence electrons. The molecule has 27 heavy (non-hydrogen) atoms. The zero-order valence-electron chi connectivity index (χ0n) is 15.4. The predicted octanol–water partition coefficient (Wildman–Crippen LogP) is 4.35. The van der Waals surface area contributed by atoms with Gasteiger partial charge in [0.2, 0.25) is 5.82 Å². The van der Waals surface area contributed by atoms with Gasteiger partial charge in [0.25, 0.3) is 0 Å². The normalized spacial score (nSPS) is 18.5. The Morgan fingerprint density at radius 2 is 1.85 bits per heavy atom. The van der Waals surface area contributed by atoms with Crippen molar-refractivity contribution < 1.29 is 9.84 Å². The van der Waals surface area contributed by atoms with Crippen LogP contribution < -0.4 is 4.74 Å². The molecule has 6 nitrogen and oxygen atoms in total. The van der Waals surface area contributed by atoms with Crippen molar-refractivity contribution in [3.63, 3.8) is 0 Å². The lowest BCUT2D eigenvalue weighted by atomic mass is 9.84. The van der Waals surface area contributed by atoms with Crippen molar-refractivity contribution in [1.82, 2.24) is 20.6 Å². The predicted molar refractivity (Wildman–Crippen MR) is 103 cm³/mol. The Hall–Kier alpha value is -3.15. The molecule has 0 spiro atoms. The maximum Gasteiger partial charge on any atom is 0.204 e. The Labute approximate surface area is 157 Å². The molecule has 2 heterocycles. The molecule has 1 atom stereocenters. The maximum absolute atomic E-state index is 10.5. The molecular formula is C21H22N4O2. The molecule has 1 unspecified atom stereocenters. The second kappa shape index (κ2) is 6.87. The fourth-order valence-electron chi connectivity index (χ4n) is 3.67. The summed E-state index contributed by atoms with van der Waals surface area (Å²) >= 11 is 0. The highest BCUT2D eigenvalue weighted by molar-refractivity contribution is 5.88. The van der Waals surface area contributed by atoms with E-state index in [2.05, 4.69) is 40.5 Å². The summed E-state index contributed by atoms with van der Waals surface area (Å²) < 4.78 is 6.36. The third-order valence-electron chi connectivity index (χ3n) is 5.07. The monoisotopic (exact) mass is 362 g/mol. The summed E-state index contributed by atoms with van der Waals surface area (Å²) in [6.07, 6.45) is 4.97. The summed E-state index contributed by atoms with van der Waals surface area (Å²) in [5, 5.41) is 24.6. The molecule has 4 rings (SSSR count). The number of aromatic hydroxyl groups is 1. The van der Waals surface area contributed by atoms with E-state index in [1.807, 2.05) is 36.4 Å². The van der Waals surface area contributed by atoms with Crippen LogP contribution >= 0.6 is 0 Å². The van der Waals surface area contributed by atoms with Crippen molar-refractivity contribution in [3.05, 3.63) is 59.7 Å². The van der Waals surface area contributed by atoms with E-state index in [4.69, 9.17) is 4.74 Å². The smallest absolute Gasteiger partial charge is 0.204 e. The highest BCUT2D eigenvalue weighted by Gasteiger charge is 2.34. The Balaban J connectivity index is 1.83. The van der Waals surface area contributed by atoms with Gasteiger partial charge in [-0.2, -0.15) is 5.21 Å². The molecule has 0 bridgehead atoms. The molecule has 6 heteroatoms. The highest BCUT2D eigenvalue weighted by atomic mass is 16.5. The van der Waals surface area contributed by atoms with Gasteiger partial charge in [-0.05, 0) is 47.4 Å². The van der Waals surface area contributed by atoms with Crippen LogP contribution in [0, 0.1) is 0 Å². The van der Waals surface area contributed by atoms with E-state index in [0.717, 1.165) is 47.3 Å². The number of ether oxygens (including phenoxy) is 1. The van der Waals surface area contributed by atoms with Crippen molar-refractivity contribution in [2.75, 3.05) is 0 Å². The van der Waals surface area contributed by atoms with Gasteiger partial charge in [0.05, 0.1) is 5.56 Å². The first kappa shape index (κ1) is 17.3. The Morgan fingerprint density at radius 1 is 1.07 bits per heavy atom. The van der Waals surface area contributed by atoms with E-state index in [0.29, 0.717) is 5.82 Å². The highest BCUT2D eigenvalue weighted by Crippen LogP contribution is 2.46. The summed E-state index contributed by atoms with van der Waals surface area (Å²) in [4.78, 5) is 0. The minimum Gasteiger partial charge on any atom is -0.507 e. The molecule has 1 aliphatic rings. The Kier molecular flexibility index (Phi) is 4.39. The zero-order chi connectivity index (χ0) is 18.9. The average Bonchev–Trinajstić information content (AvgIpc) is 3.23. The third-order valence-corrected chi connectivity index (χ3v) is 5.07. The average molecular weight is 362 g/mol. The van der Waals surface area contributed by atoms with Crippen LogP contribution in [0.1, 0.15) is 44.2 Å². The van der Waals surface area contributed by atoms with Crippen LogP contribution in [0.25, 0.3) is 17.0 Å². The number of nitrogens with zero attached hydrogens (tertiary/aromatic N) is 3. The first-order valence-corrected chi connectivity index (χ1v) is 9.24. The first-order chi connectivity index (χ1) is 13.2. The number of H-pyrrole nitrogens is 1. The number of rotatable bonds is 5. The van der Waals surface area contributed by atoms with Gasteiger partial charge < -0.3 is 9.84 Å². The molecular weight excluding hydrogens is 340 g/mol. The van der Waals surface area contributed by atoms with Crippen LogP contribution in [-0.4, -0.2) is 31.3 Å². The second-order valence-electron chi connectivity index (χ2n) is 6.79. The molecule has 0 fully saturated rings. The number of benzene rings is 2. The van der Waals surface area contributed by atoms with E-state index < -0.39 is 0 Å². The largest absolute Gasteiger partial charge is 0.507 e. The van der Waals surface area contributed by atoms with E-state index in [1.165, 1.54) is 0 Å². The maximum atomic E-state index is 10.5. The van der Waals surface area contributed by atoms with Crippen molar-refractivity contribution in [3.8, 4) is 22.9 Å². The van der Waals surface area contributed by atoms with Crippen LogP contribution in [0.2, 0.25) is 0 Å². The fraction of sp³-hybridized carbons (Fsp3) is 0.286. The van der Waals surface area contributed by atoms with Crippen molar-refractivity contribution >= 4 is 5.57 Å². The van der Waals surface area contributed by atoms with Crippen molar-refractivity contribution in [2.24, 2.45) is 0 Å². The van der Waals surface area contributed by atoms with Crippen molar-refractivity contribution in [1.29, 1.82) is 0 Å². The number of fused-ring (bicyclic) bond motifs is 1. The molecule has 0 saturated heterocycles. The summed E-state index contributed by atoms with van der Waals surface area (Å²) in [7, 11) is 0. The van der Waals surface area contributed by atoms with Gasteiger partial charge in [-0.3, -0.25) is 0 Å². The number of tetrazole rings is 1. The van der Waals surface area contributed by atoms with Gasteiger partial charge in [-0.15, -0.1) is 10.2 Å². The molecule has 0 saturated carbocycles. The number of hydrogen-bond acceptors (Lipinski definition) is 5. The molecule has 1 aliphatic heterocycles. The fourth-order valence-corrected chi connectivity index (χ4v) is 3.67.